The molecule has 5 heteroatoms. The first kappa shape index (κ1) is 19.9. The van der Waals surface area contributed by atoms with E-state index in [2.05, 4.69) is 52.8 Å². The fourth-order valence-electron chi connectivity index (χ4n) is 3.12. The summed E-state index contributed by atoms with van der Waals surface area (Å²) in [5.74, 6) is 0.728. The first-order valence-corrected chi connectivity index (χ1v) is 10.9. The zero-order chi connectivity index (χ0) is 20.6. The second kappa shape index (κ2) is 7.77. The lowest BCUT2D eigenvalue weighted by atomic mass is 9.95. The summed E-state index contributed by atoms with van der Waals surface area (Å²) in [7, 11) is 0. The first-order valence-electron chi connectivity index (χ1n) is 9.54. The monoisotopic (exact) mass is 422 g/mol. The molecule has 0 aliphatic heterocycles. The molecule has 148 valence electrons. The smallest absolute Gasteiger partial charge is 0.229 e. The number of aromatic amines is 1. The Morgan fingerprint density at radius 3 is 2.55 bits per heavy atom. The van der Waals surface area contributed by atoms with Crippen LogP contribution in [0.5, 0.6) is 0 Å². The van der Waals surface area contributed by atoms with Gasteiger partial charge in [-0.15, -0.1) is 11.8 Å². The number of thioether (sulfide) groups is 1. The molecule has 0 spiro atoms. The number of anilines is 1. The number of fused-ring (bicyclic) bond motifs is 2. The predicted molar refractivity (Wildman–Crippen MR) is 125 cm³/mol. The van der Waals surface area contributed by atoms with Gasteiger partial charge in [0.15, 0.2) is 0 Å². The lowest BCUT2D eigenvalue weighted by molar-refractivity contribution is -0.123. The Morgan fingerprint density at radius 2 is 1.79 bits per heavy atom. The van der Waals surface area contributed by atoms with Gasteiger partial charge in [0, 0.05) is 38.3 Å². The van der Waals surface area contributed by atoms with E-state index in [1.54, 1.807) is 11.8 Å². The van der Waals surface area contributed by atoms with Crippen LogP contribution >= 0.6 is 23.4 Å². The van der Waals surface area contributed by atoms with E-state index >= 15 is 0 Å². The first-order chi connectivity index (χ1) is 13.8. The molecule has 0 unspecified atom stereocenters. The molecule has 3 nitrogen and oxygen atoms in total. The van der Waals surface area contributed by atoms with E-state index in [4.69, 9.17) is 11.6 Å². The zero-order valence-electron chi connectivity index (χ0n) is 16.7. The van der Waals surface area contributed by atoms with E-state index < -0.39 is 5.41 Å². The van der Waals surface area contributed by atoms with Crippen molar-refractivity contribution >= 4 is 56.6 Å². The Hall–Kier alpha value is -2.43. The van der Waals surface area contributed by atoms with Gasteiger partial charge in [-0.25, -0.2) is 0 Å². The van der Waals surface area contributed by atoms with Crippen LogP contribution in [0.1, 0.15) is 26.5 Å². The maximum Gasteiger partial charge on any atom is 0.229 e. The van der Waals surface area contributed by atoms with Crippen LogP contribution in [0.15, 0.2) is 65.6 Å². The minimum Gasteiger partial charge on any atom is -0.356 e. The third kappa shape index (κ3) is 4.29. The summed E-state index contributed by atoms with van der Waals surface area (Å²) in [6.45, 7) is 5.69. The topological polar surface area (TPSA) is 44.9 Å². The second-order valence-electron chi connectivity index (χ2n) is 8.18. The Balaban J connectivity index is 1.54. The minimum atomic E-state index is -0.446. The highest BCUT2D eigenvalue weighted by Gasteiger charge is 2.21. The highest BCUT2D eigenvalue weighted by molar-refractivity contribution is 7.98. The molecule has 0 bridgehead atoms. The molecular weight excluding hydrogens is 400 g/mol. The highest BCUT2D eigenvalue weighted by atomic mass is 35.5. The third-order valence-electron chi connectivity index (χ3n) is 4.85. The number of carbonyl (C=O) groups is 1. The minimum absolute atomic E-state index is 0.0180. The van der Waals surface area contributed by atoms with Crippen molar-refractivity contribution in [1.29, 1.82) is 0 Å². The maximum absolute atomic E-state index is 12.3. The largest absolute Gasteiger partial charge is 0.356 e. The van der Waals surface area contributed by atoms with Crippen LogP contribution in [-0.2, 0) is 10.5 Å². The fourth-order valence-corrected chi connectivity index (χ4v) is 4.38. The molecule has 4 aromatic rings. The maximum atomic E-state index is 12.3. The number of halogens is 1. The normalized spacial score (nSPS) is 11.9. The second-order valence-corrected chi connectivity index (χ2v) is 9.61. The van der Waals surface area contributed by atoms with Crippen molar-refractivity contribution in [3.8, 4) is 0 Å². The Labute approximate surface area is 179 Å². The molecule has 2 N–H and O–H groups in total. The Morgan fingerprint density at radius 1 is 1.03 bits per heavy atom. The van der Waals surface area contributed by atoms with Crippen LogP contribution in [0, 0.1) is 5.41 Å². The van der Waals surface area contributed by atoms with E-state index in [1.807, 2.05) is 39.0 Å². The van der Waals surface area contributed by atoms with E-state index in [9.17, 15) is 4.79 Å². The van der Waals surface area contributed by atoms with Gasteiger partial charge in [-0.2, -0.15) is 0 Å². The number of hydrogen-bond donors (Lipinski definition) is 2. The zero-order valence-corrected chi connectivity index (χ0v) is 18.2. The van der Waals surface area contributed by atoms with Gasteiger partial charge in [-0.05, 0) is 41.1 Å². The van der Waals surface area contributed by atoms with Crippen molar-refractivity contribution in [2.24, 2.45) is 5.41 Å². The summed E-state index contributed by atoms with van der Waals surface area (Å²) >= 11 is 8.41. The van der Waals surface area contributed by atoms with E-state index in [1.165, 1.54) is 15.7 Å². The standard InChI is InChI=1S/C24H23ClN2OS/c1-24(2,3)23(28)26-17-9-11-20-19(13-17)22(25)21(27-20)14-29-18-10-8-15-6-4-5-7-16(15)12-18/h4-13,27H,14H2,1-3H3,(H,26,28). The number of carbonyl (C=O) groups excluding carboxylic acids is 1. The Bertz CT molecular complexity index is 1210. The predicted octanol–water partition coefficient (Wildman–Crippen LogP) is 7.25. The molecular formula is C24H23ClN2OS. The summed E-state index contributed by atoms with van der Waals surface area (Å²) in [5, 5.41) is 7.08. The van der Waals surface area contributed by atoms with E-state index in [-0.39, 0.29) is 5.91 Å². The van der Waals surface area contributed by atoms with Crippen LogP contribution in [0.3, 0.4) is 0 Å². The SMILES string of the molecule is CC(C)(C)C(=O)Nc1ccc2[nH]c(CSc3ccc4ccccc4c3)c(Cl)c2c1. The summed E-state index contributed by atoms with van der Waals surface area (Å²) in [6, 6.07) is 20.6. The molecule has 0 radical (unpaired) electrons. The van der Waals surface area contributed by atoms with Gasteiger partial charge in [0.2, 0.25) is 5.91 Å². The number of H-pyrrole nitrogens is 1. The average molecular weight is 423 g/mol. The quantitative estimate of drug-likeness (QED) is 0.340. The van der Waals surface area contributed by atoms with E-state index in [0.717, 1.165) is 28.0 Å². The molecule has 0 aliphatic rings. The molecule has 4 rings (SSSR count). The van der Waals surface area contributed by atoms with Crippen molar-refractivity contribution in [3.63, 3.8) is 0 Å². The van der Waals surface area contributed by atoms with Gasteiger partial charge in [-0.1, -0.05) is 62.7 Å². The molecule has 1 heterocycles. The molecule has 0 saturated heterocycles. The molecule has 3 aromatic carbocycles. The Kier molecular flexibility index (Phi) is 5.32. The molecule has 0 atom stereocenters. The molecule has 0 aliphatic carbocycles. The number of benzene rings is 3. The lowest BCUT2D eigenvalue weighted by Gasteiger charge is -2.17. The fraction of sp³-hybridized carbons (Fsp3) is 0.208. The molecule has 0 saturated carbocycles. The lowest BCUT2D eigenvalue weighted by Crippen LogP contribution is -2.27. The summed E-state index contributed by atoms with van der Waals surface area (Å²) in [5.41, 5.74) is 2.27. The van der Waals surface area contributed by atoms with Crippen molar-refractivity contribution in [1.82, 2.24) is 4.98 Å². The average Bonchev–Trinajstić information content (AvgIpc) is 3.01. The number of hydrogen-bond acceptors (Lipinski definition) is 2. The number of nitrogens with one attached hydrogen (secondary N) is 2. The van der Waals surface area contributed by atoms with Gasteiger partial charge >= 0.3 is 0 Å². The van der Waals surface area contributed by atoms with Crippen LogP contribution in [-0.4, -0.2) is 10.9 Å². The highest BCUT2D eigenvalue weighted by Crippen LogP contribution is 2.34. The molecule has 1 amide bonds. The van der Waals surface area contributed by atoms with E-state index in [0.29, 0.717) is 5.02 Å². The number of rotatable bonds is 4. The molecule has 1 aromatic heterocycles. The van der Waals surface area contributed by atoms with Crippen molar-refractivity contribution in [2.45, 2.75) is 31.4 Å². The van der Waals surface area contributed by atoms with Crippen molar-refractivity contribution < 1.29 is 4.79 Å². The summed E-state index contributed by atoms with van der Waals surface area (Å²) in [4.78, 5) is 16.9. The van der Waals surface area contributed by atoms with Gasteiger partial charge in [0.05, 0.1) is 5.02 Å². The van der Waals surface area contributed by atoms with Gasteiger partial charge in [0.25, 0.3) is 0 Å². The third-order valence-corrected chi connectivity index (χ3v) is 6.30. The van der Waals surface area contributed by atoms with Crippen LogP contribution < -0.4 is 5.32 Å². The molecule has 0 fully saturated rings. The molecule has 29 heavy (non-hydrogen) atoms. The summed E-state index contributed by atoms with van der Waals surface area (Å²) in [6.07, 6.45) is 0. The summed E-state index contributed by atoms with van der Waals surface area (Å²) < 4.78 is 0. The van der Waals surface area contributed by atoms with Gasteiger partial charge in [0.1, 0.15) is 0 Å². The number of aromatic nitrogens is 1. The van der Waals surface area contributed by atoms with Gasteiger partial charge < -0.3 is 10.3 Å². The number of amides is 1. The van der Waals surface area contributed by atoms with Gasteiger partial charge in [-0.3, -0.25) is 4.79 Å². The van der Waals surface area contributed by atoms with Crippen LogP contribution in [0.2, 0.25) is 5.02 Å². The van der Waals surface area contributed by atoms with Crippen molar-refractivity contribution in [2.75, 3.05) is 5.32 Å². The van der Waals surface area contributed by atoms with Crippen molar-refractivity contribution in [3.05, 3.63) is 71.4 Å². The van der Waals surface area contributed by atoms with Crippen LogP contribution in [0.25, 0.3) is 21.7 Å². The van der Waals surface area contributed by atoms with Crippen LogP contribution in [0.4, 0.5) is 5.69 Å².